The minimum Gasteiger partial charge on any atom is -0.393 e. The van der Waals surface area contributed by atoms with Crippen LogP contribution in [0.1, 0.15) is 18.4 Å². The zero-order valence-corrected chi connectivity index (χ0v) is 13.1. The number of nitrogens with one attached hydrogen (secondary N) is 2. The van der Waals surface area contributed by atoms with Gasteiger partial charge in [0.2, 0.25) is 5.91 Å². The van der Waals surface area contributed by atoms with E-state index in [9.17, 15) is 19.5 Å². The Morgan fingerprint density at radius 2 is 2.08 bits per heavy atom. The number of rotatable bonds is 6. The molecule has 1 atom stereocenters. The lowest BCUT2D eigenvalue weighted by Gasteiger charge is -2.38. The monoisotopic (exact) mass is 332 g/mol. The van der Waals surface area contributed by atoms with Crippen molar-refractivity contribution in [1.82, 2.24) is 20.5 Å². The van der Waals surface area contributed by atoms with Crippen molar-refractivity contribution in [1.29, 1.82) is 0 Å². The van der Waals surface area contributed by atoms with Gasteiger partial charge in [0.15, 0.2) is 0 Å². The van der Waals surface area contributed by atoms with Gasteiger partial charge in [0.1, 0.15) is 6.54 Å². The second-order valence-electron chi connectivity index (χ2n) is 6.26. The summed E-state index contributed by atoms with van der Waals surface area (Å²) in [5, 5.41) is 14.8. The first-order valence-corrected chi connectivity index (χ1v) is 7.97. The molecule has 24 heavy (non-hydrogen) atoms. The number of hydrogen-bond donors (Lipinski definition) is 3. The Bertz CT molecular complexity index is 614. The number of imide groups is 1. The molecule has 0 bridgehead atoms. The zero-order valence-electron chi connectivity index (χ0n) is 13.1. The molecular weight excluding hydrogens is 312 g/mol. The number of carbonyl (C=O) groups is 3. The molecule has 1 saturated carbocycles. The lowest BCUT2D eigenvalue weighted by molar-refractivity contribution is -0.131. The molecule has 0 radical (unpaired) electrons. The van der Waals surface area contributed by atoms with E-state index in [-0.39, 0.29) is 37.1 Å². The number of pyridine rings is 1. The van der Waals surface area contributed by atoms with Crippen LogP contribution < -0.4 is 10.6 Å². The molecule has 1 aliphatic heterocycles. The number of nitrogens with zero attached hydrogens (tertiary/aromatic N) is 2. The fourth-order valence-electron chi connectivity index (χ4n) is 3.08. The molecule has 8 nitrogen and oxygen atoms in total. The zero-order chi connectivity index (χ0) is 17.1. The largest absolute Gasteiger partial charge is 0.393 e. The van der Waals surface area contributed by atoms with Gasteiger partial charge in [-0.2, -0.15) is 0 Å². The average molecular weight is 332 g/mol. The van der Waals surface area contributed by atoms with Crippen LogP contribution in [0.3, 0.4) is 0 Å². The van der Waals surface area contributed by atoms with Crippen molar-refractivity contribution in [2.45, 2.75) is 31.4 Å². The molecule has 2 fully saturated rings. The van der Waals surface area contributed by atoms with Gasteiger partial charge in [-0.25, -0.2) is 4.79 Å². The number of aliphatic hydroxyl groups excluding tert-OH is 1. The molecule has 0 spiro atoms. The van der Waals surface area contributed by atoms with E-state index in [0.29, 0.717) is 19.3 Å². The third kappa shape index (κ3) is 3.70. The molecule has 2 aliphatic rings. The highest BCUT2D eigenvalue weighted by Crippen LogP contribution is 2.31. The third-order valence-electron chi connectivity index (χ3n) is 4.51. The number of urea groups is 1. The minimum atomic E-state index is -0.542. The summed E-state index contributed by atoms with van der Waals surface area (Å²) in [6.45, 7) is -0.353. The summed E-state index contributed by atoms with van der Waals surface area (Å²) in [5.41, 5.74) is 1.03. The molecular formula is C16H20N4O4. The van der Waals surface area contributed by atoms with E-state index in [1.165, 1.54) is 0 Å². The fourth-order valence-corrected chi connectivity index (χ4v) is 3.08. The second kappa shape index (κ2) is 6.96. The molecule has 128 valence electrons. The van der Waals surface area contributed by atoms with Crippen LogP contribution in [0.5, 0.6) is 0 Å². The molecule has 1 saturated heterocycles. The molecule has 8 heteroatoms. The first-order chi connectivity index (χ1) is 11.5. The maximum absolute atomic E-state index is 12.3. The van der Waals surface area contributed by atoms with Gasteiger partial charge in [0.05, 0.1) is 12.6 Å². The number of amides is 4. The minimum absolute atomic E-state index is 0.0681. The molecule has 1 aromatic rings. The Hall–Kier alpha value is -2.48. The van der Waals surface area contributed by atoms with Crippen LogP contribution in [0.2, 0.25) is 0 Å². The van der Waals surface area contributed by atoms with E-state index in [1.807, 2.05) is 12.1 Å². The van der Waals surface area contributed by atoms with Gasteiger partial charge >= 0.3 is 6.03 Å². The number of carbonyl (C=O) groups excluding carboxylic acids is 3. The predicted molar refractivity (Wildman–Crippen MR) is 83.7 cm³/mol. The maximum Gasteiger partial charge on any atom is 0.325 e. The van der Waals surface area contributed by atoms with E-state index in [0.717, 1.165) is 10.5 Å². The van der Waals surface area contributed by atoms with Gasteiger partial charge in [0, 0.05) is 18.4 Å². The van der Waals surface area contributed by atoms with Crippen molar-refractivity contribution in [3.8, 4) is 0 Å². The van der Waals surface area contributed by atoms with Crippen molar-refractivity contribution in [3.05, 3.63) is 30.1 Å². The van der Waals surface area contributed by atoms with E-state index in [4.69, 9.17) is 0 Å². The number of hydrogen-bond acceptors (Lipinski definition) is 5. The molecule has 1 aromatic heterocycles. The van der Waals surface area contributed by atoms with Gasteiger partial charge in [-0.3, -0.25) is 19.5 Å². The summed E-state index contributed by atoms with van der Waals surface area (Å²) in [6.07, 6.45) is 4.95. The Kier molecular flexibility index (Phi) is 4.75. The summed E-state index contributed by atoms with van der Waals surface area (Å²) in [7, 11) is 0. The number of aromatic nitrogens is 1. The van der Waals surface area contributed by atoms with E-state index >= 15 is 0 Å². The molecule has 1 aliphatic carbocycles. The quantitative estimate of drug-likeness (QED) is 0.604. The summed E-state index contributed by atoms with van der Waals surface area (Å²) >= 11 is 0. The smallest absolute Gasteiger partial charge is 0.325 e. The van der Waals surface area contributed by atoms with Crippen LogP contribution in [0.25, 0.3) is 0 Å². The van der Waals surface area contributed by atoms with Crippen LogP contribution >= 0.6 is 0 Å². The van der Waals surface area contributed by atoms with Crippen LogP contribution in [0, 0.1) is 5.92 Å². The predicted octanol–water partition coefficient (Wildman–Crippen LogP) is -0.568. The maximum atomic E-state index is 12.3. The van der Waals surface area contributed by atoms with Crippen LogP contribution in [0.15, 0.2) is 24.5 Å². The van der Waals surface area contributed by atoms with Gasteiger partial charge in [-0.1, -0.05) is 0 Å². The van der Waals surface area contributed by atoms with Crippen molar-refractivity contribution < 1.29 is 19.5 Å². The summed E-state index contributed by atoms with van der Waals surface area (Å²) in [5.74, 6) is -0.596. The Morgan fingerprint density at radius 1 is 1.38 bits per heavy atom. The Labute approximate surface area is 139 Å². The highest BCUT2D eigenvalue weighted by atomic mass is 16.3. The first kappa shape index (κ1) is 16.4. The highest BCUT2D eigenvalue weighted by Gasteiger charge is 2.36. The third-order valence-corrected chi connectivity index (χ3v) is 4.51. The molecule has 0 unspecified atom stereocenters. The second-order valence-corrected chi connectivity index (χ2v) is 6.26. The van der Waals surface area contributed by atoms with Crippen molar-refractivity contribution in [2.24, 2.45) is 5.92 Å². The Balaban J connectivity index is 1.61. The standard InChI is InChI=1S/C16H20N4O4/c21-12-6-11(7-12)13(5-10-1-3-17-4-2-10)19-14(22)9-20-15(23)8-18-16(20)24/h1-4,11-13,21H,5-9H2,(H,18,24)(H,19,22)/t11?,12?,13-/m0/s1. The van der Waals surface area contributed by atoms with Crippen molar-refractivity contribution in [3.63, 3.8) is 0 Å². The lowest BCUT2D eigenvalue weighted by atomic mass is 9.75. The van der Waals surface area contributed by atoms with Gasteiger partial charge in [-0.15, -0.1) is 0 Å². The average Bonchev–Trinajstić information content (AvgIpc) is 2.84. The molecule has 0 aromatic carbocycles. The van der Waals surface area contributed by atoms with Crippen LogP contribution in [-0.4, -0.2) is 58.1 Å². The topological polar surface area (TPSA) is 112 Å². The summed E-state index contributed by atoms with van der Waals surface area (Å²) in [6, 6.07) is 3.07. The van der Waals surface area contributed by atoms with E-state index in [2.05, 4.69) is 15.6 Å². The van der Waals surface area contributed by atoms with Crippen LogP contribution in [-0.2, 0) is 16.0 Å². The Morgan fingerprint density at radius 3 is 2.67 bits per heavy atom. The van der Waals surface area contributed by atoms with Crippen molar-refractivity contribution >= 4 is 17.8 Å². The normalized spacial score (nSPS) is 24.3. The van der Waals surface area contributed by atoms with Crippen LogP contribution in [0.4, 0.5) is 4.79 Å². The van der Waals surface area contributed by atoms with Gasteiger partial charge in [0.25, 0.3) is 5.91 Å². The highest BCUT2D eigenvalue weighted by molar-refractivity contribution is 6.04. The molecule has 4 amide bonds. The first-order valence-electron chi connectivity index (χ1n) is 7.97. The summed E-state index contributed by atoms with van der Waals surface area (Å²) < 4.78 is 0. The van der Waals surface area contributed by atoms with E-state index in [1.54, 1.807) is 12.4 Å². The lowest BCUT2D eigenvalue weighted by Crippen LogP contribution is -2.51. The molecule has 3 N–H and O–H groups in total. The summed E-state index contributed by atoms with van der Waals surface area (Å²) in [4.78, 5) is 40.2. The number of aliphatic hydroxyl groups is 1. The van der Waals surface area contributed by atoms with Crippen molar-refractivity contribution in [2.75, 3.05) is 13.1 Å². The van der Waals surface area contributed by atoms with Gasteiger partial charge < -0.3 is 15.7 Å². The molecule has 2 heterocycles. The fraction of sp³-hybridized carbons (Fsp3) is 0.500. The SMILES string of the molecule is O=C(CN1C(=O)CNC1=O)N[C@@H](Cc1ccncc1)C1CC(O)C1. The van der Waals surface area contributed by atoms with E-state index < -0.39 is 11.9 Å². The molecule has 3 rings (SSSR count). The van der Waals surface area contributed by atoms with Gasteiger partial charge in [-0.05, 0) is 42.9 Å².